The quantitative estimate of drug-likeness (QED) is 0.886. The number of benzene rings is 1. The van der Waals surface area contributed by atoms with Crippen LogP contribution in [0.3, 0.4) is 0 Å². The molecule has 0 aromatic heterocycles. The predicted octanol–water partition coefficient (Wildman–Crippen LogP) is 1.76. The fourth-order valence-corrected chi connectivity index (χ4v) is 3.37. The highest BCUT2D eigenvalue weighted by atomic mass is 32.2. The van der Waals surface area contributed by atoms with Gasteiger partial charge in [0.15, 0.2) is 6.10 Å². The van der Waals surface area contributed by atoms with Crippen molar-refractivity contribution < 1.29 is 17.9 Å². The van der Waals surface area contributed by atoms with Crippen molar-refractivity contribution >= 4 is 21.6 Å². The number of rotatable bonds is 5. The Morgan fingerprint density at radius 1 is 1.35 bits per heavy atom. The molecule has 2 rings (SSSR count). The molecular weight excluding hydrogens is 316 g/mol. The van der Waals surface area contributed by atoms with Gasteiger partial charge in [0.05, 0.1) is 18.0 Å². The molecule has 1 aliphatic heterocycles. The molecule has 1 heterocycles. The minimum Gasteiger partial charge on any atom is -0.476 e. The van der Waals surface area contributed by atoms with Gasteiger partial charge in [-0.25, -0.2) is 8.42 Å². The third-order valence-corrected chi connectivity index (χ3v) is 5.84. The van der Waals surface area contributed by atoms with Crippen molar-refractivity contribution in [1.82, 2.24) is 5.32 Å². The summed E-state index contributed by atoms with van der Waals surface area (Å²) < 4.78 is 31.7. The van der Waals surface area contributed by atoms with Gasteiger partial charge in [0.25, 0.3) is 5.91 Å². The number of fused-ring (bicyclic) bond motifs is 1. The maximum atomic E-state index is 12.4. The van der Waals surface area contributed by atoms with Crippen molar-refractivity contribution in [1.29, 1.82) is 0 Å². The molecule has 23 heavy (non-hydrogen) atoms. The van der Waals surface area contributed by atoms with Gasteiger partial charge in [0, 0.05) is 6.04 Å². The van der Waals surface area contributed by atoms with E-state index in [-0.39, 0.29) is 30.2 Å². The Balaban J connectivity index is 2.28. The van der Waals surface area contributed by atoms with E-state index >= 15 is 0 Å². The Bertz CT molecular complexity index is 672. The highest BCUT2D eigenvalue weighted by Crippen LogP contribution is 2.35. The maximum absolute atomic E-state index is 12.4. The van der Waals surface area contributed by atoms with Crippen molar-refractivity contribution in [3.8, 4) is 5.75 Å². The van der Waals surface area contributed by atoms with Crippen LogP contribution >= 0.6 is 0 Å². The van der Waals surface area contributed by atoms with Gasteiger partial charge in [0.1, 0.15) is 5.75 Å². The first kappa shape index (κ1) is 17.6. The zero-order chi connectivity index (χ0) is 17.2. The van der Waals surface area contributed by atoms with Crippen molar-refractivity contribution in [2.75, 3.05) is 16.6 Å². The summed E-state index contributed by atoms with van der Waals surface area (Å²) in [7, 11) is -3.47. The van der Waals surface area contributed by atoms with Crippen molar-refractivity contribution in [3.05, 3.63) is 24.3 Å². The predicted molar refractivity (Wildman–Crippen MR) is 90.1 cm³/mol. The van der Waals surface area contributed by atoms with Crippen LogP contribution in [-0.2, 0) is 14.8 Å². The normalized spacial score (nSPS) is 19.0. The first-order valence-corrected chi connectivity index (χ1v) is 9.43. The van der Waals surface area contributed by atoms with Crippen LogP contribution in [0.1, 0.15) is 27.7 Å². The van der Waals surface area contributed by atoms with Crippen LogP contribution in [0.15, 0.2) is 24.3 Å². The minimum absolute atomic E-state index is 0.0101. The maximum Gasteiger partial charge on any atom is 0.263 e. The highest BCUT2D eigenvalue weighted by Gasteiger charge is 2.36. The Kier molecular flexibility index (Phi) is 5.19. The molecule has 1 amide bonds. The van der Waals surface area contributed by atoms with Crippen LogP contribution < -0.4 is 14.4 Å². The standard InChI is InChI=1S/C16H24N2O4S/c1-5-23(20,21)18-10-15(16(19)17-12(4)11(2)3)22-14-9-7-6-8-13(14)18/h6-9,11-12,15H,5,10H2,1-4H3,(H,17,19)/t12-,15+/m0/s1. The van der Waals surface area contributed by atoms with E-state index in [1.165, 1.54) is 4.31 Å². The number of carbonyl (C=O) groups is 1. The van der Waals surface area contributed by atoms with Gasteiger partial charge in [-0.2, -0.15) is 0 Å². The largest absolute Gasteiger partial charge is 0.476 e. The van der Waals surface area contributed by atoms with Crippen molar-refractivity contribution in [2.45, 2.75) is 39.8 Å². The lowest BCUT2D eigenvalue weighted by atomic mass is 10.1. The number of ether oxygens (including phenoxy) is 1. The summed E-state index contributed by atoms with van der Waals surface area (Å²) >= 11 is 0. The minimum atomic E-state index is -3.47. The van der Waals surface area contributed by atoms with E-state index < -0.39 is 16.1 Å². The zero-order valence-corrected chi connectivity index (χ0v) is 14.8. The van der Waals surface area contributed by atoms with Gasteiger partial charge in [-0.1, -0.05) is 26.0 Å². The third kappa shape index (κ3) is 3.77. The Labute approximate surface area is 137 Å². The number of hydrogen-bond acceptors (Lipinski definition) is 4. The second-order valence-electron chi connectivity index (χ2n) is 6.05. The average Bonchev–Trinajstić information content (AvgIpc) is 2.53. The first-order chi connectivity index (χ1) is 10.8. The average molecular weight is 340 g/mol. The van der Waals surface area contributed by atoms with Gasteiger partial charge in [-0.15, -0.1) is 0 Å². The lowest BCUT2D eigenvalue weighted by Crippen LogP contribution is -2.53. The van der Waals surface area contributed by atoms with Gasteiger partial charge in [-0.3, -0.25) is 9.10 Å². The zero-order valence-electron chi connectivity index (χ0n) is 13.9. The summed E-state index contributed by atoms with van der Waals surface area (Å²) in [6, 6.07) is 6.86. The first-order valence-electron chi connectivity index (χ1n) is 7.82. The van der Waals surface area contributed by atoms with E-state index in [0.717, 1.165) is 0 Å². The number of amides is 1. The molecule has 128 valence electrons. The summed E-state index contributed by atoms with van der Waals surface area (Å²) in [6.45, 7) is 7.51. The van der Waals surface area contributed by atoms with Gasteiger partial charge >= 0.3 is 0 Å². The molecule has 0 bridgehead atoms. The van der Waals surface area contributed by atoms with Crippen LogP contribution in [0.5, 0.6) is 5.75 Å². The van der Waals surface area contributed by atoms with Gasteiger partial charge < -0.3 is 10.1 Å². The van der Waals surface area contributed by atoms with E-state index in [0.29, 0.717) is 11.4 Å². The van der Waals surface area contributed by atoms with E-state index in [2.05, 4.69) is 5.32 Å². The topological polar surface area (TPSA) is 75.7 Å². The number of nitrogens with zero attached hydrogens (tertiary/aromatic N) is 1. The van der Waals surface area contributed by atoms with Crippen molar-refractivity contribution in [3.63, 3.8) is 0 Å². The molecule has 0 saturated heterocycles. The number of nitrogens with one attached hydrogen (secondary N) is 1. The third-order valence-electron chi connectivity index (χ3n) is 4.10. The fourth-order valence-electron chi connectivity index (χ4n) is 2.24. The van der Waals surface area contributed by atoms with Gasteiger partial charge in [-0.05, 0) is 31.9 Å². The van der Waals surface area contributed by atoms with Crippen LogP contribution in [0.2, 0.25) is 0 Å². The molecule has 7 heteroatoms. The molecule has 0 unspecified atom stereocenters. The van der Waals surface area contributed by atoms with E-state index in [1.54, 1.807) is 31.2 Å². The lowest BCUT2D eigenvalue weighted by molar-refractivity contribution is -0.128. The summed E-state index contributed by atoms with van der Waals surface area (Å²) in [5.74, 6) is 0.369. The number of carbonyl (C=O) groups excluding carboxylic acids is 1. The molecule has 0 radical (unpaired) electrons. The number of anilines is 1. The molecule has 0 spiro atoms. The van der Waals surface area contributed by atoms with Crippen LogP contribution in [0.25, 0.3) is 0 Å². The Morgan fingerprint density at radius 2 is 2.00 bits per heavy atom. The second kappa shape index (κ2) is 6.78. The SMILES string of the molecule is CCS(=O)(=O)N1C[C@H](C(=O)N[C@@H](C)C(C)C)Oc2ccccc21. The smallest absolute Gasteiger partial charge is 0.263 e. The number of hydrogen-bond donors (Lipinski definition) is 1. The van der Waals surface area contributed by atoms with E-state index in [1.807, 2.05) is 20.8 Å². The van der Waals surface area contributed by atoms with Gasteiger partial charge in [0.2, 0.25) is 10.0 Å². The summed E-state index contributed by atoms with van der Waals surface area (Å²) in [4.78, 5) is 12.4. The molecule has 0 aliphatic carbocycles. The molecule has 0 saturated carbocycles. The molecule has 6 nitrogen and oxygen atoms in total. The summed E-state index contributed by atoms with van der Waals surface area (Å²) in [5, 5.41) is 2.88. The number of para-hydroxylation sites is 2. The monoisotopic (exact) mass is 340 g/mol. The Hall–Kier alpha value is -1.76. The van der Waals surface area contributed by atoms with E-state index in [4.69, 9.17) is 4.74 Å². The van der Waals surface area contributed by atoms with Crippen LogP contribution in [0.4, 0.5) is 5.69 Å². The molecular formula is C16H24N2O4S. The Morgan fingerprint density at radius 3 is 2.61 bits per heavy atom. The van der Waals surface area contributed by atoms with Crippen LogP contribution in [-0.4, -0.2) is 38.8 Å². The van der Waals surface area contributed by atoms with Crippen LogP contribution in [0, 0.1) is 5.92 Å². The van der Waals surface area contributed by atoms with Crippen molar-refractivity contribution in [2.24, 2.45) is 5.92 Å². The highest BCUT2D eigenvalue weighted by molar-refractivity contribution is 7.92. The molecule has 2 atom stereocenters. The molecule has 1 N–H and O–H groups in total. The molecule has 1 aliphatic rings. The summed E-state index contributed by atoms with van der Waals surface area (Å²) in [6.07, 6.45) is -0.854. The molecule has 1 aromatic rings. The molecule has 0 fully saturated rings. The number of sulfonamides is 1. The second-order valence-corrected chi connectivity index (χ2v) is 8.23. The molecule has 1 aromatic carbocycles. The summed E-state index contributed by atoms with van der Waals surface area (Å²) in [5.41, 5.74) is 0.482. The lowest BCUT2D eigenvalue weighted by Gasteiger charge is -2.35. The van der Waals surface area contributed by atoms with E-state index in [9.17, 15) is 13.2 Å². The fraction of sp³-hybridized carbons (Fsp3) is 0.562.